The van der Waals surface area contributed by atoms with E-state index in [1.807, 2.05) is 0 Å². The number of nitrogens with one attached hydrogen (secondary N) is 7. The van der Waals surface area contributed by atoms with Crippen molar-refractivity contribution in [1.29, 1.82) is 0 Å². The second-order valence-corrected chi connectivity index (χ2v) is 15.2. The molecule has 2 aromatic carbocycles. The number of benzene rings is 2. The zero-order valence-corrected chi connectivity index (χ0v) is 35.6. The first kappa shape index (κ1) is 52.2. The first-order valence-electron chi connectivity index (χ1n) is 20.2. The van der Waals surface area contributed by atoms with E-state index in [0.29, 0.717) is 11.1 Å². The Hall–Kier alpha value is -6.90. The summed E-state index contributed by atoms with van der Waals surface area (Å²) >= 11 is 0. The lowest BCUT2D eigenvalue weighted by molar-refractivity contribution is -0.143. The van der Waals surface area contributed by atoms with Gasteiger partial charge in [0.1, 0.15) is 42.3 Å². The molecule has 0 aliphatic rings. The average molecular weight is 884 g/mol. The molecule has 0 aliphatic carbocycles. The Morgan fingerprint density at radius 2 is 0.905 bits per heavy atom. The molecule has 7 amide bonds. The van der Waals surface area contributed by atoms with Gasteiger partial charge in [-0.15, -0.1) is 0 Å². The van der Waals surface area contributed by atoms with Gasteiger partial charge in [0, 0.05) is 19.3 Å². The maximum Gasteiger partial charge on any atom is 0.326 e. The maximum atomic E-state index is 13.7. The van der Waals surface area contributed by atoms with E-state index < -0.39 is 120 Å². The van der Waals surface area contributed by atoms with Crippen molar-refractivity contribution in [2.45, 2.75) is 122 Å². The van der Waals surface area contributed by atoms with Gasteiger partial charge in [-0.25, -0.2) is 4.79 Å². The van der Waals surface area contributed by atoms with Crippen molar-refractivity contribution < 1.29 is 68.4 Å². The summed E-state index contributed by atoms with van der Waals surface area (Å²) in [5.41, 5.74) is 1.23. The molecule has 21 nitrogen and oxygen atoms in total. The molecule has 21 heteroatoms. The minimum Gasteiger partial charge on any atom is -0.481 e. The molecule has 0 fully saturated rings. The molecule has 11 N–H and O–H groups in total. The van der Waals surface area contributed by atoms with Gasteiger partial charge in [-0.3, -0.25) is 43.2 Å². The fraction of sp³-hybridized carbons (Fsp3) is 0.476. The van der Waals surface area contributed by atoms with Gasteiger partial charge < -0.3 is 57.6 Å². The molecule has 8 atom stereocenters. The summed E-state index contributed by atoms with van der Waals surface area (Å²) in [4.78, 5) is 128. The molecule has 2 aromatic rings. The van der Waals surface area contributed by atoms with Gasteiger partial charge in [-0.2, -0.15) is 0 Å². The maximum absolute atomic E-state index is 13.7. The van der Waals surface area contributed by atoms with Crippen molar-refractivity contribution in [2.24, 2.45) is 5.92 Å². The lowest BCUT2D eigenvalue weighted by atomic mass is 10.0. The molecule has 0 radical (unpaired) electrons. The van der Waals surface area contributed by atoms with Gasteiger partial charge in [0.25, 0.3) is 0 Å². The van der Waals surface area contributed by atoms with Gasteiger partial charge in [-0.1, -0.05) is 81.4 Å². The van der Waals surface area contributed by atoms with Gasteiger partial charge in [0.15, 0.2) is 0 Å². The number of aliphatic carboxylic acids is 3. The summed E-state index contributed by atoms with van der Waals surface area (Å²) in [6, 6.07) is 5.85. The SMILES string of the molecule is CCC(=O)N[C@@H](Cc1ccccc1)C(=O)N[C@H](C(=O)N[C@@H](CC(C)C)C(=O)N[C@@H](CC(=O)O)C(=O)N[C@@H](C)C(=O)N[C@@H](CC(=O)O)C(=O)N[C@@H](Cc1ccccc1)C(=O)O)[C@H](C)O. The van der Waals surface area contributed by atoms with E-state index in [9.17, 15) is 68.4 Å². The molecule has 0 aliphatic heterocycles. The zero-order chi connectivity index (χ0) is 47.4. The second-order valence-electron chi connectivity index (χ2n) is 15.2. The average Bonchev–Trinajstić information content (AvgIpc) is 3.21. The Bertz CT molecular complexity index is 1930. The highest BCUT2D eigenvalue weighted by Crippen LogP contribution is 2.10. The Kier molecular flexibility index (Phi) is 21.4. The molecule has 2 rings (SSSR count). The normalized spacial score (nSPS) is 14.7. The smallest absolute Gasteiger partial charge is 0.326 e. The molecular weight excluding hydrogens is 826 g/mol. The number of amides is 7. The summed E-state index contributed by atoms with van der Waals surface area (Å²) in [7, 11) is 0. The summed E-state index contributed by atoms with van der Waals surface area (Å²) in [5, 5.41) is 55.5. The van der Waals surface area contributed by atoms with E-state index in [1.165, 1.54) is 6.92 Å². The highest BCUT2D eigenvalue weighted by Gasteiger charge is 2.36. The summed E-state index contributed by atoms with van der Waals surface area (Å²) in [6.45, 7) is 7.28. The zero-order valence-electron chi connectivity index (χ0n) is 35.6. The van der Waals surface area contributed by atoms with E-state index in [2.05, 4.69) is 37.2 Å². The molecule has 0 saturated heterocycles. The van der Waals surface area contributed by atoms with E-state index >= 15 is 0 Å². The summed E-state index contributed by atoms with van der Waals surface area (Å²) < 4.78 is 0. The number of carboxylic acids is 3. The quantitative estimate of drug-likeness (QED) is 0.0527. The molecule has 0 spiro atoms. The number of hydrogen-bond donors (Lipinski definition) is 11. The lowest BCUT2D eigenvalue weighted by Crippen LogP contribution is -2.61. The number of aliphatic hydroxyl groups excluding tert-OH is 1. The Morgan fingerprint density at radius 3 is 1.35 bits per heavy atom. The van der Waals surface area contributed by atoms with Crippen LogP contribution in [0.2, 0.25) is 0 Å². The topological polar surface area (TPSA) is 336 Å². The standard InChI is InChI=1S/C42H57N7O14/c1-6-32(51)44-28(18-25-13-9-7-10-14-25)40(60)49-35(24(5)50)41(61)47-27(17-22(2)3)38(58)46-29(20-33(52)53)37(57)43-23(4)36(56)45-30(21-34(54)55)39(59)48-31(42(62)63)19-26-15-11-8-12-16-26/h7-16,22-24,27-31,35,50H,6,17-21H2,1-5H3,(H,43,57)(H,44,51)(H,45,56)(H,46,58)(H,47,61)(H,48,59)(H,49,60)(H,52,53)(H,54,55)(H,62,63)/t23-,24-,27-,28-,29-,30-,31-,35-/m0/s1. The number of hydrogen-bond acceptors (Lipinski definition) is 11. The van der Waals surface area contributed by atoms with Gasteiger partial charge >= 0.3 is 17.9 Å². The predicted molar refractivity (Wildman–Crippen MR) is 223 cm³/mol. The molecule has 0 aromatic heterocycles. The van der Waals surface area contributed by atoms with Gasteiger partial charge in [0.05, 0.1) is 18.9 Å². The van der Waals surface area contributed by atoms with Gasteiger partial charge in [-0.05, 0) is 37.3 Å². The molecule has 63 heavy (non-hydrogen) atoms. The van der Waals surface area contributed by atoms with Crippen LogP contribution < -0.4 is 37.2 Å². The van der Waals surface area contributed by atoms with E-state index in [0.717, 1.165) is 6.92 Å². The minimum absolute atomic E-state index is 0.0406. The monoisotopic (exact) mass is 883 g/mol. The number of carboxylic acid groups (broad SMARTS) is 3. The highest BCUT2D eigenvalue weighted by molar-refractivity contribution is 5.98. The number of carbonyl (C=O) groups excluding carboxylic acids is 7. The van der Waals surface area contributed by atoms with Crippen LogP contribution in [-0.4, -0.2) is 128 Å². The van der Waals surface area contributed by atoms with Crippen LogP contribution in [0.5, 0.6) is 0 Å². The number of rotatable bonds is 26. The van der Waals surface area contributed by atoms with E-state index in [4.69, 9.17) is 0 Å². The second kappa shape index (κ2) is 25.8. The van der Waals surface area contributed by atoms with E-state index in [-0.39, 0.29) is 31.6 Å². The fourth-order valence-electron chi connectivity index (χ4n) is 6.02. The Balaban J connectivity index is 2.22. The summed E-state index contributed by atoms with van der Waals surface area (Å²) in [6.07, 6.45) is -3.69. The van der Waals surface area contributed by atoms with Crippen LogP contribution in [0.15, 0.2) is 60.7 Å². The lowest BCUT2D eigenvalue weighted by Gasteiger charge is -2.28. The third kappa shape index (κ3) is 18.7. The fourth-order valence-corrected chi connectivity index (χ4v) is 6.02. The summed E-state index contributed by atoms with van der Waals surface area (Å²) in [5.74, 6) is -11.7. The molecule has 0 saturated carbocycles. The van der Waals surface area contributed by atoms with Crippen LogP contribution in [0.4, 0.5) is 0 Å². The van der Waals surface area contributed by atoms with Crippen molar-refractivity contribution >= 4 is 59.3 Å². The first-order chi connectivity index (χ1) is 29.6. The Morgan fingerprint density at radius 1 is 0.492 bits per heavy atom. The first-order valence-corrected chi connectivity index (χ1v) is 20.2. The third-order valence-corrected chi connectivity index (χ3v) is 9.33. The molecule has 0 bridgehead atoms. The van der Waals surface area contributed by atoms with Crippen LogP contribution >= 0.6 is 0 Å². The number of aliphatic hydroxyl groups is 1. The number of carbonyl (C=O) groups is 10. The highest BCUT2D eigenvalue weighted by atomic mass is 16.4. The molecule has 0 unspecified atom stereocenters. The van der Waals surface area contributed by atoms with Crippen molar-refractivity contribution in [2.75, 3.05) is 0 Å². The van der Waals surface area contributed by atoms with Gasteiger partial charge in [0.2, 0.25) is 41.4 Å². The largest absolute Gasteiger partial charge is 0.481 e. The third-order valence-electron chi connectivity index (χ3n) is 9.33. The minimum atomic E-state index is -1.86. The van der Waals surface area contributed by atoms with Crippen LogP contribution in [0.1, 0.15) is 71.4 Å². The van der Waals surface area contributed by atoms with Crippen molar-refractivity contribution in [1.82, 2.24) is 37.2 Å². The van der Waals surface area contributed by atoms with Crippen LogP contribution in [0, 0.1) is 5.92 Å². The van der Waals surface area contributed by atoms with Crippen molar-refractivity contribution in [3.05, 3.63) is 71.8 Å². The molecular formula is C42H57N7O14. The van der Waals surface area contributed by atoms with Crippen LogP contribution in [0.25, 0.3) is 0 Å². The molecule has 344 valence electrons. The Labute approximate surface area is 363 Å². The van der Waals surface area contributed by atoms with Crippen LogP contribution in [0.3, 0.4) is 0 Å². The molecule has 0 heterocycles. The van der Waals surface area contributed by atoms with E-state index in [1.54, 1.807) is 81.4 Å². The van der Waals surface area contributed by atoms with Crippen LogP contribution in [-0.2, 0) is 60.8 Å². The predicted octanol–water partition coefficient (Wildman–Crippen LogP) is -1.24. The van der Waals surface area contributed by atoms with Crippen molar-refractivity contribution in [3.63, 3.8) is 0 Å². The van der Waals surface area contributed by atoms with Crippen molar-refractivity contribution in [3.8, 4) is 0 Å².